The minimum Gasteiger partial charge on any atom is -0.496 e. The summed E-state index contributed by atoms with van der Waals surface area (Å²) in [4.78, 5) is 14.6. The summed E-state index contributed by atoms with van der Waals surface area (Å²) < 4.78 is 11.0. The summed E-state index contributed by atoms with van der Waals surface area (Å²) in [5.74, 6) is 0.596. The van der Waals surface area contributed by atoms with Crippen molar-refractivity contribution in [3.05, 3.63) is 52.5 Å². The molecule has 0 radical (unpaired) electrons. The molecule has 4 rings (SSSR count). The second-order valence-electron chi connectivity index (χ2n) is 6.23. The highest BCUT2D eigenvalue weighted by Gasteiger charge is 2.24. The number of nitrogens with zero attached hydrogens (tertiary/aromatic N) is 1. The van der Waals surface area contributed by atoms with Gasteiger partial charge in [0.15, 0.2) is 0 Å². The van der Waals surface area contributed by atoms with E-state index in [-0.39, 0.29) is 5.91 Å². The van der Waals surface area contributed by atoms with Crippen LogP contribution in [-0.4, -0.2) is 39.3 Å². The summed E-state index contributed by atoms with van der Waals surface area (Å²) in [5, 5.41) is 3.45. The van der Waals surface area contributed by atoms with E-state index in [1.165, 1.54) is 0 Å². The maximum Gasteiger partial charge on any atom is 0.256 e. The molecule has 26 heavy (non-hydrogen) atoms. The number of rotatable bonds is 3. The van der Waals surface area contributed by atoms with Crippen LogP contribution in [0.25, 0.3) is 11.6 Å². The van der Waals surface area contributed by atoms with E-state index in [1.807, 2.05) is 24.3 Å². The van der Waals surface area contributed by atoms with Gasteiger partial charge in [0.25, 0.3) is 5.91 Å². The lowest BCUT2D eigenvalue weighted by Crippen LogP contribution is -2.36. The Morgan fingerprint density at radius 1 is 1.19 bits per heavy atom. The topological polar surface area (TPSA) is 50.8 Å². The average molecular weight is 371 g/mol. The van der Waals surface area contributed by atoms with Crippen LogP contribution in [0.5, 0.6) is 5.75 Å². The Bertz CT molecular complexity index is 889. The number of anilines is 2. The molecule has 0 aromatic heterocycles. The van der Waals surface area contributed by atoms with E-state index >= 15 is 0 Å². The van der Waals surface area contributed by atoms with Gasteiger partial charge in [0.05, 0.1) is 26.0 Å². The van der Waals surface area contributed by atoms with Crippen LogP contribution in [0.1, 0.15) is 11.1 Å². The van der Waals surface area contributed by atoms with Crippen LogP contribution in [-0.2, 0) is 9.53 Å². The first-order valence-electron chi connectivity index (χ1n) is 8.49. The number of nitrogens with one attached hydrogen (secondary N) is 1. The van der Waals surface area contributed by atoms with Gasteiger partial charge in [-0.25, -0.2) is 0 Å². The highest BCUT2D eigenvalue weighted by atomic mass is 35.5. The SMILES string of the molecule is COc1cc(N2CCOCC2)ccc1C=C1C(=O)Nc2cc(Cl)ccc21. The third-order valence-electron chi connectivity index (χ3n) is 4.66. The van der Waals surface area contributed by atoms with Gasteiger partial charge < -0.3 is 19.7 Å². The van der Waals surface area contributed by atoms with Crippen LogP contribution >= 0.6 is 11.6 Å². The first kappa shape index (κ1) is 16.9. The summed E-state index contributed by atoms with van der Waals surface area (Å²) in [6, 6.07) is 11.4. The van der Waals surface area contributed by atoms with E-state index in [1.54, 1.807) is 19.2 Å². The zero-order chi connectivity index (χ0) is 18.1. The number of carbonyl (C=O) groups is 1. The Hall–Kier alpha value is -2.50. The van der Waals surface area contributed by atoms with Crippen molar-refractivity contribution in [3.63, 3.8) is 0 Å². The predicted molar refractivity (Wildman–Crippen MR) is 104 cm³/mol. The summed E-state index contributed by atoms with van der Waals surface area (Å²) in [5.41, 5.74) is 4.14. The fourth-order valence-electron chi connectivity index (χ4n) is 3.30. The van der Waals surface area contributed by atoms with Crippen molar-refractivity contribution in [2.45, 2.75) is 0 Å². The van der Waals surface area contributed by atoms with Crippen LogP contribution in [0, 0.1) is 0 Å². The van der Waals surface area contributed by atoms with E-state index in [4.69, 9.17) is 21.1 Å². The zero-order valence-electron chi connectivity index (χ0n) is 14.4. The molecule has 0 unspecified atom stereocenters. The molecule has 2 heterocycles. The first-order chi connectivity index (χ1) is 12.7. The average Bonchev–Trinajstić information content (AvgIpc) is 2.97. The number of hydrogen-bond acceptors (Lipinski definition) is 4. The van der Waals surface area contributed by atoms with Crippen molar-refractivity contribution in [2.24, 2.45) is 0 Å². The second kappa shape index (κ2) is 7.02. The van der Waals surface area contributed by atoms with Crippen molar-refractivity contribution in [3.8, 4) is 5.75 Å². The van der Waals surface area contributed by atoms with E-state index in [9.17, 15) is 4.79 Å². The number of fused-ring (bicyclic) bond motifs is 1. The number of ether oxygens (including phenoxy) is 2. The molecule has 1 fully saturated rings. The van der Waals surface area contributed by atoms with E-state index in [0.29, 0.717) is 10.6 Å². The van der Waals surface area contributed by atoms with E-state index < -0.39 is 0 Å². The smallest absolute Gasteiger partial charge is 0.256 e. The molecule has 1 saturated heterocycles. The van der Waals surface area contributed by atoms with Gasteiger partial charge in [-0.15, -0.1) is 0 Å². The molecule has 0 aliphatic carbocycles. The van der Waals surface area contributed by atoms with Gasteiger partial charge in [0.1, 0.15) is 5.75 Å². The van der Waals surface area contributed by atoms with Crippen molar-refractivity contribution in [2.75, 3.05) is 43.6 Å². The molecule has 2 aliphatic rings. The summed E-state index contributed by atoms with van der Waals surface area (Å²) >= 11 is 6.01. The fraction of sp³-hybridized carbons (Fsp3) is 0.250. The number of carbonyl (C=O) groups excluding carboxylic acids is 1. The quantitative estimate of drug-likeness (QED) is 0.837. The largest absolute Gasteiger partial charge is 0.496 e. The standard InChI is InChI=1S/C20H19ClN2O3/c1-25-19-12-15(23-6-8-26-9-7-23)4-2-13(19)10-17-16-5-3-14(21)11-18(16)22-20(17)24/h2-5,10-12H,6-9H2,1H3,(H,22,24). The Kier molecular flexibility index (Phi) is 4.57. The van der Waals surface area contributed by atoms with Gasteiger partial charge in [0, 0.05) is 46.6 Å². The molecular weight excluding hydrogens is 352 g/mol. The van der Waals surface area contributed by atoms with Crippen molar-refractivity contribution >= 4 is 40.5 Å². The minimum atomic E-state index is -0.137. The third-order valence-corrected chi connectivity index (χ3v) is 4.89. The molecule has 1 amide bonds. The highest BCUT2D eigenvalue weighted by molar-refractivity contribution is 6.36. The number of amides is 1. The van der Waals surface area contributed by atoms with Crippen molar-refractivity contribution in [1.82, 2.24) is 0 Å². The summed E-state index contributed by atoms with van der Waals surface area (Å²) in [6.07, 6.45) is 1.86. The van der Waals surface area contributed by atoms with Crippen LogP contribution in [0.15, 0.2) is 36.4 Å². The normalized spacial score (nSPS) is 18.0. The minimum absolute atomic E-state index is 0.137. The zero-order valence-corrected chi connectivity index (χ0v) is 15.2. The Morgan fingerprint density at radius 2 is 2.00 bits per heavy atom. The second-order valence-corrected chi connectivity index (χ2v) is 6.66. The summed E-state index contributed by atoms with van der Waals surface area (Å²) in [7, 11) is 1.64. The monoisotopic (exact) mass is 370 g/mol. The van der Waals surface area contributed by atoms with Crippen molar-refractivity contribution < 1.29 is 14.3 Å². The molecule has 1 N–H and O–H groups in total. The molecular formula is C20H19ClN2O3. The number of benzene rings is 2. The van der Waals surface area contributed by atoms with Gasteiger partial charge >= 0.3 is 0 Å². The highest BCUT2D eigenvalue weighted by Crippen LogP contribution is 2.37. The van der Waals surface area contributed by atoms with Crippen LogP contribution in [0.4, 0.5) is 11.4 Å². The number of morpholine rings is 1. The van der Waals surface area contributed by atoms with Gasteiger partial charge in [-0.05, 0) is 30.3 Å². The molecule has 2 aromatic rings. The molecule has 2 aliphatic heterocycles. The van der Waals surface area contributed by atoms with Crippen LogP contribution in [0.2, 0.25) is 5.02 Å². The lowest BCUT2D eigenvalue weighted by molar-refractivity contribution is -0.110. The molecule has 0 spiro atoms. The Balaban J connectivity index is 1.70. The van der Waals surface area contributed by atoms with Crippen LogP contribution < -0.4 is 15.0 Å². The first-order valence-corrected chi connectivity index (χ1v) is 8.87. The molecule has 6 heteroatoms. The molecule has 0 bridgehead atoms. The van der Waals surface area contributed by atoms with Crippen LogP contribution in [0.3, 0.4) is 0 Å². The molecule has 134 valence electrons. The third kappa shape index (κ3) is 3.16. The maximum atomic E-state index is 12.4. The van der Waals surface area contributed by atoms with Gasteiger partial charge in [-0.1, -0.05) is 17.7 Å². The summed E-state index contributed by atoms with van der Waals surface area (Å²) in [6.45, 7) is 3.18. The Labute approximate surface area is 157 Å². The fourth-order valence-corrected chi connectivity index (χ4v) is 3.47. The van der Waals surface area contributed by atoms with Crippen molar-refractivity contribution in [1.29, 1.82) is 0 Å². The maximum absolute atomic E-state index is 12.4. The van der Waals surface area contributed by atoms with Gasteiger partial charge in [-0.3, -0.25) is 4.79 Å². The Morgan fingerprint density at radius 3 is 2.77 bits per heavy atom. The molecule has 5 nitrogen and oxygen atoms in total. The van der Waals surface area contributed by atoms with E-state index in [2.05, 4.69) is 16.3 Å². The van der Waals surface area contributed by atoms with Gasteiger partial charge in [-0.2, -0.15) is 0 Å². The molecule has 0 saturated carbocycles. The number of hydrogen-bond donors (Lipinski definition) is 1. The lowest BCUT2D eigenvalue weighted by Gasteiger charge is -2.29. The van der Waals surface area contributed by atoms with E-state index in [0.717, 1.165) is 54.6 Å². The molecule has 2 aromatic carbocycles. The molecule has 0 atom stereocenters. The van der Waals surface area contributed by atoms with Gasteiger partial charge in [0.2, 0.25) is 0 Å². The number of halogens is 1. The predicted octanol–water partition coefficient (Wildman–Crippen LogP) is 3.68. The number of methoxy groups -OCH3 is 1. The lowest BCUT2D eigenvalue weighted by atomic mass is 10.0.